The van der Waals surface area contributed by atoms with Crippen LogP contribution in [0.25, 0.3) is 16.8 Å². The molecule has 0 aliphatic rings. The van der Waals surface area contributed by atoms with Crippen molar-refractivity contribution < 1.29 is 14.3 Å². The van der Waals surface area contributed by atoms with E-state index in [-0.39, 0.29) is 12.2 Å². The molecule has 0 saturated carbocycles. The van der Waals surface area contributed by atoms with Crippen LogP contribution in [0, 0.1) is 11.3 Å². The predicted molar refractivity (Wildman–Crippen MR) is 135 cm³/mol. The topological polar surface area (TPSA) is 71.3 Å². The maximum Gasteiger partial charge on any atom is 0.266 e. The van der Waals surface area contributed by atoms with Crippen molar-refractivity contribution in [3.05, 3.63) is 107 Å². The summed E-state index contributed by atoms with van der Waals surface area (Å²) in [5.74, 6) is 0.700. The number of hydrogen-bond donors (Lipinski definition) is 1. The van der Waals surface area contributed by atoms with Gasteiger partial charge in [0.2, 0.25) is 0 Å². The Morgan fingerprint density at radius 3 is 2.47 bits per heavy atom. The molecule has 6 heteroatoms. The molecular formula is C28H21ClN2O3. The van der Waals surface area contributed by atoms with Crippen LogP contribution in [0.5, 0.6) is 11.5 Å². The van der Waals surface area contributed by atoms with Crippen LogP contribution in [0.15, 0.2) is 90.5 Å². The Hall–Kier alpha value is -4.27. The first kappa shape index (κ1) is 22.9. The first-order valence-electron chi connectivity index (χ1n) is 10.5. The van der Waals surface area contributed by atoms with Crippen molar-refractivity contribution in [2.45, 2.75) is 6.61 Å². The highest BCUT2D eigenvalue weighted by molar-refractivity contribution is 6.31. The number of hydrogen-bond acceptors (Lipinski definition) is 4. The molecule has 0 saturated heterocycles. The van der Waals surface area contributed by atoms with Crippen molar-refractivity contribution in [3.63, 3.8) is 0 Å². The van der Waals surface area contributed by atoms with E-state index < -0.39 is 5.91 Å². The molecule has 0 unspecified atom stereocenters. The van der Waals surface area contributed by atoms with Crippen LogP contribution in [0.3, 0.4) is 0 Å². The number of anilines is 1. The van der Waals surface area contributed by atoms with E-state index in [0.717, 1.165) is 16.3 Å². The van der Waals surface area contributed by atoms with E-state index in [2.05, 4.69) is 5.32 Å². The van der Waals surface area contributed by atoms with Gasteiger partial charge >= 0.3 is 0 Å². The van der Waals surface area contributed by atoms with Gasteiger partial charge in [-0.2, -0.15) is 5.26 Å². The lowest BCUT2D eigenvalue weighted by molar-refractivity contribution is -0.112. The second-order valence-corrected chi connectivity index (χ2v) is 7.84. The van der Waals surface area contributed by atoms with Crippen LogP contribution in [-0.2, 0) is 11.4 Å². The summed E-state index contributed by atoms with van der Waals surface area (Å²) in [4.78, 5) is 12.9. The van der Waals surface area contributed by atoms with Crippen LogP contribution in [0.2, 0.25) is 5.02 Å². The molecule has 0 heterocycles. The van der Waals surface area contributed by atoms with Gasteiger partial charge < -0.3 is 14.8 Å². The standard InChI is InChI=1S/C28H21ClN2O3/c1-33-23-13-11-22(12-14-23)31-28(32)21(17-30)16-25-24-8-4-2-6-19(24)10-15-27(25)34-18-20-7-3-5-9-26(20)29/h2-16H,18H2,1H3,(H,31,32)/b21-16+. The summed E-state index contributed by atoms with van der Waals surface area (Å²) >= 11 is 6.27. The summed E-state index contributed by atoms with van der Waals surface area (Å²) in [5.41, 5.74) is 1.99. The van der Waals surface area contributed by atoms with Gasteiger partial charge in [-0.3, -0.25) is 4.79 Å². The summed E-state index contributed by atoms with van der Waals surface area (Å²) in [6.45, 7) is 0.249. The smallest absolute Gasteiger partial charge is 0.266 e. The first-order valence-corrected chi connectivity index (χ1v) is 10.9. The molecule has 0 radical (unpaired) electrons. The minimum Gasteiger partial charge on any atom is -0.497 e. The van der Waals surface area contributed by atoms with Crippen LogP contribution < -0.4 is 14.8 Å². The second-order valence-electron chi connectivity index (χ2n) is 7.43. The number of amides is 1. The Kier molecular flexibility index (Phi) is 7.12. The van der Waals surface area contributed by atoms with Crippen molar-refractivity contribution in [1.29, 1.82) is 5.26 Å². The molecule has 1 N–H and O–H groups in total. The molecule has 0 bridgehead atoms. The first-order chi connectivity index (χ1) is 16.6. The number of carbonyl (C=O) groups is 1. The van der Waals surface area contributed by atoms with Crippen molar-refractivity contribution >= 4 is 40.0 Å². The monoisotopic (exact) mass is 468 g/mol. The highest BCUT2D eigenvalue weighted by Gasteiger charge is 2.14. The molecule has 4 aromatic rings. The lowest BCUT2D eigenvalue weighted by atomic mass is 10.0. The molecular weight excluding hydrogens is 448 g/mol. The van der Waals surface area contributed by atoms with Gasteiger partial charge in [-0.05, 0) is 53.2 Å². The quantitative estimate of drug-likeness (QED) is 0.244. The Balaban J connectivity index is 1.68. The third-order valence-electron chi connectivity index (χ3n) is 5.27. The normalized spacial score (nSPS) is 11.0. The zero-order valence-corrected chi connectivity index (χ0v) is 19.2. The van der Waals surface area contributed by atoms with E-state index in [9.17, 15) is 10.1 Å². The molecule has 4 rings (SSSR count). The van der Waals surface area contributed by atoms with Gasteiger partial charge in [0.1, 0.15) is 29.7 Å². The maximum absolute atomic E-state index is 12.9. The summed E-state index contributed by atoms with van der Waals surface area (Å²) in [5, 5.41) is 15.0. The number of ether oxygens (including phenoxy) is 2. The lowest BCUT2D eigenvalue weighted by Gasteiger charge is -2.13. The van der Waals surface area contributed by atoms with E-state index >= 15 is 0 Å². The number of benzene rings is 4. The van der Waals surface area contributed by atoms with E-state index in [1.54, 1.807) is 43.5 Å². The van der Waals surface area contributed by atoms with E-state index in [0.29, 0.717) is 27.8 Å². The van der Waals surface area contributed by atoms with Crippen LogP contribution in [-0.4, -0.2) is 13.0 Å². The van der Waals surface area contributed by atoms with Gasteiger partial charge in [-0.1, -0.05) is 60.1 Å². The van der Waals surface area contributed by atoms with Crippen molar-refractivity contribution in [3.8, 4) is 17.6 Å². The number of nitrogens with zero attached hydrogens (tertiary/aromatic N) is 1. The molecule has 0 fully saturated rings. The van der Waals surface area contributed by atoms with Crippen molar-refractivity contribution in [1.82, 2.24) is 0 Å². The summed E-state index contributed by atoms with van der Waals surface area (Å²) in [6, 6.07) is 27.9. The fraction of sp³-hybridized carbons (Fsp3) is 0.0714. The van der Waals surface area contributed by atoms with Gasteiger partial charge in [0.25, 0.3) is 5.91 Å². The molecule has 5 nitrogen and oxygen atoms in total. The molecule has 34 heavy (non-hydrogen) atoms. The summed E-state index contributed by atoms with van der Waals surface area (Å²) in [7, 11) is 1.57. The number of fused-ring (bicyclic) bond motifs is 1. The van der Waals surface area contributed by atoms with E-state index in [1.807, 2.05) is 60.7 Å². The fourth-order valence-electron chi connectivity index (χ4n) is 3.49. The maximum atomic E-state index is 12.9. The lowest BCUT2D eigenvalue weighted by Crippen LogP contribution is -2.13. The number of methoxy groups -OCH3 is 1. The van der Waals surface area contributed by atoms with Gasteiger partial charge in [-0.15, -0.1) is 0 Å². The van der Waals surface area contributed by atoms with Crippen molar-refractivity contribution in [2.75, 3.05) is 12.4 Å². The average molecular weight is 469 g/mol. The summed E-state index contributed by atoms with van der Waals surface area (Å²) in [6.07, 6.45) is 1.56. The van der Waals surface area contributed by atoms with Crippen LogP contribution in [0.4, 0.5) is 5.69 Å². The summed E-state index contributed by atoms with van der Waals surface area (Å²) < 4.78 is 11.2. The molecule has 168 valence electrons. The third-order valence-corrected chi connectivity index (χ3v) is 5.64. The number of halogens is 1. The highest BCUT2D eigenvalue weighted by atomic mass is 35.5. The third kappa shape index (κ3) is 5.20. The van der Waals surface area contributed by atoms with Gasteiger partial charge in [-0.25, -0.2) is 0 Å². The van der Waals surface area contributed by atoms with E-state index in [4.69, 9.17) is 21.1 Å². The Morgan fingerprint density at radius 2 is 1.74 bits per heavy atom. The Morgan fingerprint density at radius 1 is 1.00 bits per heavy atom. The molecule has 0 aliphatic carbocycles. The molecule has 4 aromatic carbocycles. The molecule has 0 aromatic heterocycles. The van der Waals surface area contributed by atoms with Crippen molar-refractivity contribution in [2.24, 2.45) is 0 Å². The number of nitrogens with one attached hydrogen (secondary N) is 1. The van der Waals surface area contributed by atoms with Gasteiger partial charge in [0.15, 0.2) is 0 Å². The van der Waals surface area contributed by atoms with Crippen LogP contribution in [0.1, 0.15) is 11.1 Å². The minimum absolute atomic E-state index is 0.0465. The van der Waals surface area contributed by atoms with Gasteiger partial charge in [0.05, 0.1) is 7.11 Å². The van der Waals surface area contributed by atoms with E-state index in [1.165, 1.54) is 0 Å². The average Bonchev–Trinajstić information content (AvgIpc) is 2.87. The SMILES string of the molecule is COc1ccc(NC(=O)/C(C#N)=C/c2c(OCc3ccccc3Cl)ccc3ccccc23)cc1. The highest BCUT2D eigenvalue weighted by Crippen LogP contribution is 2.31. The number of rotatable bonds is 7. The predicted octanol–water partition coefficient (Wildman–Crippen LogP) is 6.63. The molecule has 0 atom stereocenters. The Labute approximate surface area is 202 Å². The van der Waals surface area contributed by atoms with Crippen LogP contribution >= 0.6 is 11.6 Å². The Bertz CT molecular complexity index is 1410. The molecule has 0 spiro atoms. The second kappa shape index (κ2) is 10.6. The van der Waals surface area contributed by atoms with Gasteiger partial charge in [0, 0.05) is 21.8 Å². The largest absolute Gasteiger partial charge is 0.497 e. The fourth-order valence-corrected chi connectivity index (χ4v) is 3.68. The minimum atomic E-state index is -0.516. The number of carbonyl (C=O) groups excluding carboxylic acids is 1. The number of nitriles is 1. The zero-order chi connectivity index (χ0) is 23.9. The molecule has 0 aliphatic heterocycles. The zero-order valence-electron chi connectivity index (χ0n) is 18.4. The molecule has 1 amide bonds.